The first-order valence-corrected chi connectivity index (χ1v) is 10.6. The van der Waals surface area contributed by atoms with E-state index in [-0.39, 0.29) is 23.1 Å². The molecule has 0 N–H and O–H groups in total. The first-order valence-electron chi connectivity index (χ1n) is 9.58. The van der Waals surface area contributed by atoms with Crippen LogP contribution in [0.3, 0.4) is 0 Å². The molecule has 0 radical (unpaired) electrons. The molecule has 2 aromatic heterocycles. The van der Waals surface area contributed by atoms with Gasteiger partial charge in [0.1, 0.15) is 0 Å². The Balaban J connectivity index is 1.94. The highest BCUT2D eigenvalue weighted by Crippen LogP contribution is 2.25. The van der Waals surface area contributed by atoms with E-state index in [0.29, 0.717) is 22.1 Å². The van der Waals surface area contributed by atoms with Gasteiger partial charge in [0.15, 0.2) is 10.9 Å². The number of carbonyl (C=O) groups excluding carboxylic acids is 1. The van der Waals surface area contributed by atoms with Gasteiger partial charge in [0, 0.05) is 29.0 Å². The fourth-order valence-corrected chi connectivity index (χ4v) is 4.76. The first kappa shape index (κ1) is 20.4. The minimum Gasteiger partial charge on any atom is -0.346 e. The monoisotopic (exact) mass is 397 g/mol. The average Bonchev–Trinajstić information content (AvgIpc) is 2.93. The zero-order chi connectivity index (χ0) is 20.6. The molecule has 0 saturated heterocycles. The third kappa shape index (κ3) is 3.65. The summed E-state index contributed by atoms with van der Waals surface area (Å²) in [7, 11) is 0. The summed E-state index contributed by atoms with van der Waals surface area (Å²) in [4.78, 5) is 30.5. The molecule has 0 aliphatic carbocycles. The van der Waals surface area contributed by atoms with E-state index < -0.39 is 0 Å². The lowest BCUT2D eigenvalue weighted by Crippen LogP contribution is -2.25. The van der Waals surface area contributed by atoms with Gasteiger partial charge in [-0.25, -0.2) is 4.98 Å². The van der Waals surface area contributed by atoms with Gasteiger partial charge >= 0.3 is 0 Å². The number of para-hydroxylation sites is 1. The van der Waals surface area contributed by atoms with Gasteiger partial charge in [-0.1, -0.05) is 23.9 Å². The molecular weight excluding hydrogens is 370 g/mol. The van der Waals surface area contributed by atoms with Crippen molar-refractivity contribution >= 4 is 28.4 Å². The second kappa shape index (κ2) is 7.95. The summed E-state index contributed by atoms with van der Waals surface area (Å²) < 4.78 is 3.86. The Bertz CT molecular complexity index is 1090. The number of hydrogen-bond acceptors (Lipinski definition) is 4. The van der Waals surface area contributed by atoms with Gasteiger partial charge < -0.3 is 4.57 Å². The lowest BCUT2D eigenvalue weighted by Gasteiger charge is -2.16. The number of Topliss-reactive ketones (excluding diaryl/α,β-unsaturated/α-hetero) is 1. The highest BCUT2D eigenvalue weighted by atomic mass is 32.2. The standard InChI is InChI=1S/C22H27N3O2S/c1-13(2)24-15(5)11-18(16(24)6)20(26)12-28-22-23-19-10-8-7-9-17(19)21(27)25(22)14(3)4/h7-11,13-14H,12H2,1-6H3. The summed E-state index contributed by atoms with van der Waals surface area (Å²) in [5.74, 6) is 0.308. The zero-order valence-corrected chi connectivity index (χ0v) is 18.1. The van der Waals surface area contributed by atoms with Crippen LogP contribution < -0.4 is 5.56 Å². The lowest BCUT2D eigenvalue weighted by atomic mass is 10.2. The molecule has 0 aliphatic heterocycles. The van der Waals surface area contributed by atoms with Crippen LogP contribution in [-0.4, -0.2) is 25.7 Å². The molecule has 3 rings (SSSR count). The molecule has 0 fully saturated rings. The molecule has 28 heavy (non-hydrogen) atoms. The number of benzene rings is 1. The minimum atomic E-state index is -0.0615. The van der Waals surface area contributed by atoms with Gasteiger partial charge in [0.25, 0.3) is 5.56 Å². The molecule has 0 bridgehead atoms. The van der Waals surface area contributed by atoms with Crippen LogP contribution in [0.25, 0.3) is 10.9 Å². The molecule has 0 aliphatic rings. The van der Waals surface area contributed by atoms with Crippen molar-refractivity contribution in [3.05, 3.63) is 57.6 Å². The van der Waals surface area contributed by atoms with Crippen molar-refractivity contribution in [2.45, 2.75) is 58.8 Å². The number of aromatic nitrogens is 3. The quantitative estimate of drug-likeness (QED) is 0.335. The number of aryl methyl sites for hydroxylation is 1. The molecule has 2 heterocycles. The normalized spacial score (nSPS) is 11.7. The van der Waals surface area contributed by atoms with Crippen molar-refractivity contribution in [2.75, 3.05) is 5.75 Å². The minimum absolute atomic E-state index is 0.0341. The maximum atomic E-state index is 12.9. The van der Waals surface area contributed by atoms with Crippen LogP contribution in [0, 0.1) is 13.8 Å². The van der Waals surface area contributed by atoms with Gasteiger partial charge in [0.2, 0.25) is 0 Å². The van der Waals surface area contributed by atoms with Crippen LogP contribution in [0.15, 0.2) is 40.3 Å². The van der Waals surface area contributed by atoms with E-state index >= 15 is 0 Å². The van der Waals surface area contributed by atoms with Crippen LogP contribution in [-0.2, 0) is 0 Å². The topological polar surface area (TPSA) is 56.9 Å². The predicted molar refractivity (Wildman–Crippen MR) is 116 cm³/mol. The third-order valence-corrected chi connectivity index (χ3v) is 5.88. The Kier molecular flexibility index (Phi) is 5.79. The van der Waals surface area contributed by atoms with Gasteiger partial charge in [-0.3, -0.25) is 14.2 Å². The average molecular weight is 398 g/mol. The second-order valence-electron chi connectivity index (χ2n) is 7.64. The summed E-state index contributed by atoms with van der Waals surface area (Å²) in [6.07, 6.45) is 0. The van der Waals surface area contributed by atoms with E-state index in [1.54, 1.807) is 10.6 Å². The molecule has 0 saturated carbocycles. The molecular formula is C22H27N3O2S. The second-order valence-corrected chi connectivity index (χ2v) is 8.58. The summed E-state index contributed by atoms with van der Waals surface area (Å²) in [5, 5.41) is 1.19. The van der Waals surface area contributed by atoms with E-state index in [2.05, 4.69) is 23.4 Å². The zero-order valence-electron chi connectivity index (χ0n) is 17.3. The van der Waals surface area contributed by atoms with Crippen molar-refractivity contribution in [2.24, 2.45) is 0 Å². The molecule has 148 valence electrons. The summed E-state index contributed by atoms with van der Waals surface area (Å²) in [6.45, 7) is 12.2. The van der Waals surface area contributed by atoms with Crippen LogP contribution in [0.4, 0.5) is 0 Å². The SMILES string of the molecule is Cc1cc(C(=O)CSc2nc3ccccc3c(=O)n2C(C)C)c(C)n1C(C)C. The third-order valence-electron chi connectivity index (χ3n) is 4.93. The van der Waals surface area contributed by atoms with Crippen molar-refractivity contribution < 1.29 is 4.79 Å². The van der Waals surface area contributed by atoms with Crippen LogP contribution >= 0.6 is 11.8 Å². The van der Waals surface area contributed by atoms with E-state index in [4.69, 9.17) is 0 Å². The van der Waals surface area contributed by atoms with Crippen LogP contribution in [0.1, 0.15) is 61.5 Å². The lowest BCUT2D eigenvalue weighted by molar-refractivity contribution is 0.102. The molecule has 0 amide bonds. The smallest absolute Gasteiger partial charge is 0.262 e. The van der Waals surface area contributed by atoms with Crippen molar-refractivity contribution in [3.8, 4) is 0 Å². The number of hydrogen-bond donors (Lipinski definition) is 0. The van der Waals surface area contributed by atoms with Crippen LogP contribution in [0.2, 0.25) is 0 Å². The van der Waals surface area contributed by atoms with Crippen molar-refractivity contribution in [3.63, 3.8) is 0 Å². The number of thioether (sulfide) groups is 1. The van der Waals surface area contributed by atoms with Gasteiger partial charge in [-0.15, -0.1) is 0 Å². The maximum absolute atomic E-state index is 12.9. The summed E-state index contributed by atoms with van der Waals surface area (Å²) in [5.41, 5.74) is 3.43. The molecule has 1 aromatic carbocycles. The van der Waals surface area contributed by atoms with Crippen molar-refractivity contribution in [1.29, 1.82) is 0 Å². The molecule has 3 aromatic rings. The number of fused-ring (bicyclic) bond motifs is 1. The maximum Gasteiger partial charge on any atom is 0.262 e. The highest BCUT2D eigenvalue weighted by Gasteiger charge is 2.19. The Morgan fingerprint density at radius 2 is 1.71 bits per heavy atom. The summed E-state index contributed by atoms with van der Waals surface area (Å²) >= 11 is 1.33. The van der Waals surface area contributed by atoms with E-state index in [1.807, 2.05) is 52.0 Å². The number of nitrogens with zero attached hydrogens (tertiary/aromatic N) is 3. The predicted octanol–water partition coefficient (Wildman–Crippen LogP) is 4.95. The Labute approximate surface area is 169 Å². The fraction of sp³-hybridized carbons (Fsp3) is 0.409. The van der Waals surface area contributed by atoms with Gasteiger partial charge in [-0.2, -0.15) is 0 Å². The van der Waals surface area contributed by atoms with Gasteiger partial charge in [-0.05, 0) is 59.7 Å². The number of ketones is 1. The Morgan fingerprint density at radius 1 is 1.07 bits per heavy atom. The molecule has 0 atom stereocenters. The molecule has 0 unspecified atom stereocenters. The van der Waals surface area contributed by atoms with E-state index in [9.17, 15) is 9.59 Å². The number of rotatable bonds is 6. The highest BCUT2D eigenvalue weighted by molar-refractivity contribution is 7.99. The fourth-order valence-electron chi connectivity index (χ4n) is 3.74. The molecule has 6 heteroatoms. The van der Waals surface area contributed by atoms with Gasteiger partial charge in [0.05, 0.1) is 16.7 Å². The van der Waals surface area contributed by atoms with Crippen LogP contribution in [0.5, 0.6) is 0 Å². The molecule has 5 nitrogen and oxygen atoms in total. The van der Waals surface area contributed by atoms with E-state index in [1.165, 1.54) is 11.8 Å². The molecule has 0 spiro atoms. The number of carbonyl (C=O) groups is 1. The first-order chi connectivity index (χ1) is 13.2. The summed E-state index contributed by atoms with van der Waals surface area (Å²) in [6, 6.07) is 9.58. The Morgan fingerprint density at radius 3 is 2.32 bits per heavy atom. The Hall–Kier alpha value is -2.34. The van der Waals surface area contributed by atoms with Crippen molar-refractivity contribution in [1.82, 2.24) is 14.1 Å². The largest absolute Gasteiger partial charge is 0.346 e. The van der Waals surface area contributed by atoms with E-state index in [0.717, 1.165) is 17.0 Å².